The first kappa shape index (κ1) is 104. The lowest BCUT2D eigenvalue weighted by atomic mass is 9.76. The topological polar surface area (TPSA) is 73.8 Å². The zero-order valence-electron chi connectivity index (χ0n) is 80.4. The molecule has 12 heteroatoms. The molecule has 0 N–H and O–H groups in total. The summed E-state index contributed by atoms with van der Waals surface area (Å²) in [6.45, 7) is 9.61. The van der Waals surface area contributed by atoms with E-state index >= 15 is 0 Å². The van der Waals surface area contributed by atoms with E-state index in [0.29, 0.717) is 0 Å². The molecule has 0 saturated heterocycles. The van der Waals surface area contributed by atoms with Crippen LogP contribution in [0.4, 0.5) is 0 Å². The van der Waals surface area contributed by atoms with Crippen LogP contribution in [0.15, 0.2) is 48.5 Å². The Morgan fingerprint density at radius 3 is 0.419 bits per heavy atom. The summed E-state index contributed by atoms with van der Waals surface area (Å²) in [5.74, 6) is 17.5. The van der Waals surface area contributed by atoms with Crippen molar-refractivity contribution in [3.63, 3.8) is 0 Å². The summed E-state index contributed by atoms with van der Waals surface area (Å²) in [4.78, 5) is 0. The van der Waals surface area contributed by atoms with Gasteiger partial charge in [0, 0.05) is 92.4 Å². The Kier molecular flexibility index (Phi) is 57.8. The first-order valence-electron chi connectivity index (χ1n) is 53.6. The maximum absolute atomic E-state index is 6.97. The molecule has 0 spiro atoms. The van der Waals surface area contributed by atoms with Gasteiger partial charge in [0.25, 0.3) is 0 Å². The van der Waals surface area contributed by atoms with Crippen molar-refractivity contribution < 1.29 is 37.9 Å². The van der Waals surface area contributed by atoms with Crippen LogP contribution in [0.25, 0.3) is 0 Å². The third kappa shape index (κ3) is 40.8. The smallest absolute Gasteiger partial charge is 0.230 e. The number of thioether (sulfide) groups is 4. The van der Waals surface area contributed by atoms with Crippen LogP contribution in [0.1, 0.15) is 532 Å². The van der Waals surface area contributed by atoms with E-state index in [4.69, 9.17) is 37.9 Å². The molecule has 4 aromatic rings. The van der Waals surface area contributed by atoms with Crippen molar-refractivity contribution in [3.8, 4) is 46.0 Å². The van der Waals surface area contributed by atoms with Crippen LogP contribution >= 0.6 is 47.0 Å². The van der Waals surface area contributed by atoms with Crippen LogP contribution in [-0.2, 0) is 0 Å². The monoisotopic (exact) mass is 1790 g/mol. The quantitative estimate of drug-likeness (QED) is 0.0395. The molecule has 4 aliphatic heterocycles. The standard InChI is InChI=1S/C112H184O8S4/c1-5-9-13-17-21-25-37-49-61-73-121-77-65-53-41-29-33-45-57-69-93-97-81-99-94(70-58-46-34-30-42-54-66-78-122-74-62-50-38-26-22-18-14-10-6-2)101-83-103-96(72-60-48-36-32-44-56-68-80-124-76-64-52-40-28-24-20-16-12-8-4)104-84-102-95(71-59-47-35-31-43-55-67-79-123-75-63-51-39-27-23-19-15-11-7-3)100-82-98(93)106-86-108(100)116-91-118-110(102)88-112(104)120-92-119-111(103)87-109(101)117-90-115-107(99)85-105(97)113-89-114-106/h81-88,93-96H,5-80,89-92H2,1-4H3. The largest absolute Gasteiger partial charge is 0.457 e. The number of unbranched alkanes of at least 4 members (excludes halogenated alkanes) is 56. The molecule has 0 radical (unpaired) electrons. The van der Waals surface area contributed by atoms with Crippen LogP contribution in [0.3, 0.4) is 0 Å². The number of ether oxygens (including phenoxy) is 8. The van der Waals surface area contributed by atoms with Crippen LogP contribution in [0.2, 0.25) is 0 Å². The molecular weight excluding hydrogens is 1600 g/mol. The van der Waals surface area contributed by atoms with Gasteiger partial charge >= 0.3 is 0 Å². The fraction of sp³-hybridized carbons (Fsp3) is 0.786. The van der Waals surface area contributed by atoms with Crippen molar-refractivity contribution in [1.82, 2.24) is 0 Å². The van der Waals surface area contributed by atoms with Gasteiger partial charge in [0.1, 0.15) is 46.0 Å². The van der Waals surface area contributed by atoms with Gasteiger partial charge in [0.15, 0.2) is 0 Å². The fourth-order valence-corrected chi connectivity index (χ4v) is 24.4. The van der Waals surface area contributed by atoms with E-state index in [9.17, 15) is 0 Å². The molecule has 124 heavy (non-hydrogen) atoms. The summed E-state index contributed by atoms with van der Waals surface area (Å²) in [5, 5.41) is 0. The highest BCUT2D eigenvalue weighted by Gasteiger charge is 2.38. The number of rotatable bonds is 80. The average Bonchev–Trinajstić information content (AvgIpc) is 0.737. The molecule has 4 aromatic carbocycles. The lowest BCUT2D eigenvalue weighted by molar-refractivity contribution is 0.0985. The van der Waals surface area contributed by atoms with Crippen LogP contribution < -0.4 is 37.9 Å². The van der Waals surface area contributed by atoms with E-state index in [1.54, 1.807) is 0 Å². The minimum Gasteiger partial charge on any atom is -0.457 e. The normalized spacial score (nSPS) is 16.0. The van der Waals surface area contributed by atoms with Crippen molar-refractivity contribution in [1.29, 1.82) is 0 Å². The van der Waals surface area contributed by atoms with E-state index in [-0.39, 0.29) is 50.8 Å². The third-order valence-corrected chi connectivity index (χ3v) is 32.6. The van der Waals surface area contributed by atoms with Gasteiger partial charge in [0.05, 0.1) is 0 Å². The van der Waals surface area contributed by atoms with E-state index in [1.165, 1.54) is 476 Å². The Hall–Kier alpha value is -3.32. The van der Waals surface area contributed by atoms with Crippen molar-refractivity contribution in [2.45, 2.75) is 488 Å². The summed E-state index contributed by atoms with van der Waals surface area (Å²) < 4.78 is 55.8. The molecule has 0 saturated carbocycles. The first-order chi connectivity index (χ1) is 61.6. The number of hydrogen-bond acceptors (Lipinski definition) is 12. The maximum Gasteiger partial charge on any atom is 0.230 e. The third-order valence-electron chi connectivity index (χ3n) is 28.0. The Bertz CT molecular complexity index is 2780. The molecule has 0 fully saturated rings. The Morgan fingerprint density at radius 2 is 0.282 bits per heavy atom. The molecule has 0 amide bonds. The minimum absolute atomic E-state index is 0.00715. The predicted molar refractivity (Wildman–Crippen MR) is 544 cm³/mol. The summed E-state index contributed by atoms with van der Waals surface area (Å²) >= 11 is 8.82. The predicted octanol–water partition coefficient (Wildman–Crippen LogP) is 37.0. The SMILES string of the molecule is CCCCCCCCCCCSCCCCCCCCCC1c2cc3c4cc2OCOc2cc5c(cc21)C(CCCCCCCCCSCCCCCCCCCCC)c1cc2c(cc1OCO5)OCOc1cc(c(cc1C2CCCCCCCCCSCCCCCCCCCCC)C3CCCCCCCCCSCCCCCCCCCCC)OCO4. The number of hydrogen-bond donors (Lipinski definition) is 0. The molecule has 704 valence electrons. The molecule has 0 atom stereocenters. The lowest BCUT2D eigenvalue weighted by Crippen LogP contribution is -2.22. The van der Waals surface area contributed by atoms with Crippen LogP contribution in [0, 0.1) is 0 Å². The van der Waals surface area contributed by atoms with Gasteiger partial charge in [-0.05, 0) is 147 Å². The van der Waals surface area contributed by atoms with E-state index in [0.717, 1.165) is 97.4 Å². The highest BCUT2D eigenvalue weighted by Crippen LogP contribution is 2.56. The molecule has 8 bridgehead atoms. The zero-order valence-corrected chi connectivity index (χ0v) is 83.7. The van der Waals surface area contributed by atoms with Gasteiger partial charge in [-0.3, -0.25) is 0 Å². The van der Waals surface area contributed by atoms with Crippen molar-refractivity contribution in [2.24, 2.45) is 0 Å². The molecule has 0 unspecified atom stereocenters. The first-order valence-corrected chi connectivity index (χ1v) is 58.3. The fourth-order valence-electron chi connectivity index (χ4n) is 20.3. The van der Waals surface area contributed by atoms with Crippen LogP contribution in [0.5, 0.6) is 46.0 Å². The van der Waals surface area contributed by atoms with Gasteiger partial charge in [0.2, 0.25) is 27.2 Å². The van der Waals surface area contributed by atoms with E-state index in [1.807, 2.05) is 0 Å². The van der Waals surface area contributed by atoms with Gasteiger partial charge in [-0.2, -0.15) is 47.0 Å². The Balaban J connectivity index is 0.946. The molecule has 5 aliphatic rings. The Labute approximate surface area is 779 Å². The molecule has 4 heterocycles. The van der Waals surface area contributed by atoms with Crippen molar-refractivity contribution in [3.05, 3.63) is 93.0 Å². The minimum atomic E-state index is 0.00715. The van der Waals surface area contributed by atoms with Crippen molar-refractivity contribution in [2.75, 3.05) is 73.2 Å². The summed E-state index contributed by atoms with van der Waals surface area (Å²) in [6.07, 6.45) is 90.3. The molecule has 8 nitrogen and oxygen atoms in total. The highest BCUT2D eigenvalue weighted by atomic mass is 32.2. The molecule has 0 aromatic heterocycles. The van der Waals surface area contributed by atoms with Gasteiger partial charge in [-0.25, -0.2) is 0 Å². The lowest BCUT2D eigenvalue weighted by Gasteiger charge is -2.35. The van der Waals surface area contributed by atoms with E-state index < -0.39 is 0 Å². The second kappa shape index (κ2) is 68.7. The molecule has 1 aliphatic carbocycles. The summed E-state index contributed by atoms with van der Waals surface area (Å²) in [5.41, 5.74) is 10.0. The van der Waals surface area contributed by atoms with Gasteiger partial charge in [-0.15, -0.1) is 0 Å². The summed E-state index contributed by atoms with van der Waals surface area (Å²) in [7, 11) is 0. The van der Waals surface area contributed by atoms with Gasteiger partial charge in [-0.1, -0.05) is 387 Å². The second-order valence-corrected chi connectivity index (χ2v) is 43.3. The Morgan fingerprint density at radius 1 is 0.161 bits per heavy atom. The van der Waals surface area contributed by atoms with Crippen molar-refractivity contribution >= 4 is 47.0 Å². The zero-order chi connectivity index (χ0) is 86.3. The average molecular weight is 1790 g/mol. The van der Waals surface area contributed by atoms with Gasteiger partial charge < -0.3 is 37.9 Å². The van der Waals surface area contributed by atoms with Crippen LogP contribution in [-0.4, -0.2) is 73.2 Å². The number of benzene rings is 4. The van der Waals surface area contributed by atoms with E-state index in [2.05, 4.69) is 123 Å². The molecule has 9 rings (SSSR count). The second-order valence-electron chi connectivity index (χ2n) is 38.4. The maximum atomic E-state index is 6.97. The molecular formula is C112H184O8S4. The highest BCUT2D eigenvalue weighted by molar-refractivity contribution is 7.99. The summed E-state index contributed by atoms with van der Waals surface area (Å²) in [6, 6.07) is 19.3.